The minimum Gasteiger partial charge on any atom is -0.488 e. The van der Waals surface area contributed by atoms with Gasteiger partial charge in [-0.3, -0.25) is 4.79 Å². The van der Waals surface area contributed by atoms with Gasteiger partial charge in [-0.1, -0.05) is 23.4 Å². The van der Waals surface area contributed by atoms with Crippen LogP contribution in [0.25, 0.3) is 0 Å². The number of hydrogen-bond acceptors (Lipinski definition) is 5. The molecule has 0 fully saturated rings. The summed E-state index contributed by atoms with van der Waals surface area (Å²) in [6.07, 6.45) is 0. The Morgan fingerprint density at radius 3 is 2.53 bits per heavy atom. The number of carbonyl (C=O) groups is 1. The van der Waals surface area contributed by atoms with Crippen molar-refractivity contribution in [2.24, 2.45) is 0 Å². The lowest BCUT2D eigenvalue weighted by Gasteiger charge is -2.13. The number of aryl methyl sites for hydroxylation is 3. The van der Waals surface area contributed by atoms with E-state index in [4.69, 9.17) is 9.26 Å². The van der Waals surface area contributed by atoms with Crippen molar-refractivity contribution in [3.05, 3.63) is 70.4 Å². The molecule has 3 rings (SSSR count). The molecule has 158 valence electrons. The molecule has 0 unspecified atom stereocenters. The predicted octanol–water partition coefficient (Wildman–Crippen LogP) is 5.17. The predicted molar refractivity (Wildman–Crippen MR) is 102 cm³/mol. The molecular formula is C21H19F3N2O4. The van der Waals surface area contributed by atoms with Crippen LogP contribution in [0.2, 0.25) is 0 Å². The van der Waals surface area contributed by atoms with Gasteiger partial charge in [0.2, 0.25) is 0 Å². The van der Waals surface area contributed by atoms with E-state index in [1.807, 2.05) is 32.0 Å². The molecule has 0 atom stereocenters. The molecule has 9 heteroatoms. The van der Waals surface area contributed by atoms with Crippen LogP contribution >= 0.6 is 0 Å². The smallest absolute Gasteiger partial charge is 0.387 e. The molecule has 1 heterocycles. The van der Waals surface area contributed by atoms with Crippen molar-refractivity contribution >= 4 is 11.6 Å². The number of para-hydroxylation sites is 1. The van der Waals surface area contributed by atoms with E-state index < -0.39 is 24.1 Å². The van der Waals surface area contributed by atoms with Crippen molar-refractivity contribution in [3.8, 4) is 11.5 Å². The fourth-order valence-corrected chi connectivity index (χ4v) is 2.89. The summed E-state index contributed by atoms with van der Waals surface area (Å²) in [5.41, 5.74) is 2.04. The van der Waals surface area contributed by atoms with Crippen LogP contribution in [-0.2, 0) is 6.61 Å². The van der Waals surface area contributed by atoms with Gasteiger partial charge in [0.1, 0.15) is 23.9 Å². The molecule has 3 aromatic rings. The number of carbonyl (C=O) groups excluding carboxylic acids is 1. The summed E-state index contributed by atoms with van der Waals surface area (Å²) >= 11 is 0. The summed E-state index contributed by atoms with van der Waals surface area (Å²) in [5, 5.41) is 6.14. The molecule has 1 aromatic heterocycles. The van der Waals surface area contributed by atoms with Crippen molar-refractivity contribution in [2.45, 2.75) is 34.0 Å². The zero-order valence-corrected chi connectivity index (χ0v) is 16.5. The lowest BCUT2D eigenvalue weighted by Crippen LogP contribution is -2.17. The van der Waals surface area contributed by atoms with Crippen molar-refractivity contribution in [3.63, 3.8) is 0 Å². The first-order valence-corrected chi connectivity index (χ1v) is 8.96. The van der Waals surface area contributed by atoms with E-state index in [9.17, 15) is 18.0 Å². The molecule has 0 aliphatic carbocycles. The van der Waals surface area contributed by atoms with Crippen LogP contribution in [0, 0.1) is 26.6 Å². The highest BCUT2D eigenvalue weighted by Crippen LogP contribution is 2.29. The van der Waals surface area contributed by atoms with Crippen molar-refractivity contribution in [1.29, 1.82) is 0 Å². The Hall–Kier alpha value is -3.49. The molecule has 0 spiro atoms. The number of aromatic nitrogens is 1. The summed E-state index contributed by atoms with van der Waals surface area (Å²) in [4.78, 5) is 12.7. The van der Waals surface area contributed by atoms with Gasteiger partial charge in [-0.2, -0.15) is 8.78 Å². The third-order valence-electron chi connectivity index (χ3n) is 4.38. The number of ether oxygens (including phenoxy) is 2. The van der Waals surface area contributed by atoms with E-state index in [1.54, 1.807) is 6.92 Å². The molecule has 2 aromatic carbocycles. The highest BCUT2D eigenvalue weighted by atomic mass is 19.3. The van der Waals surface area contributed by atoms with Crippen LogP contribution in [0.5, 0.6) is 11.5 Å². The van der Waals surface area contributed by atoms with Crippen LogP contribution in [0.15, 0.2) is 40.9 Å². The number of nitrogens with one attached hydrogen (secondary N) is 1. The van der Waals surface area contributed by atoms with Gasteiger partial charge < -0.3 is 19.3 Å². The van der Waals surface area contributed by atoms with Gasteiger partial charge in [-0.05, 0) is 44.0 Å². The number of alkyl halides is 2. The summed E-state index contributed by atoms with van der Waals surface area (Å²) in [6, 6.07) is 8.58. The second-order valence-electron chi connectivity index (χ2n) is 6.55. The molecule has 30 heavy (non-hydrogen) atoms. The van der Waals surface area contributed by atoms with Crippen molar-refractivity contribution in [2.75, 3.05) is 5.32 Å². The highest BCUT2D eigenvalue weighted by molar-refractivity contribution is 6.04. The molecule has 1 amide bonds. The highest BCUT2D eigenvalue weighted by Gasteiger charge is 2.23. The van der Waals surface area contributed by atoms with E-state index in [2.05, 4.69) is 15.2 Å². The largest absolute Gasteiger partial charge is 0.488 e. The topological polar surface area (TPSA) is 73.6 Å². The van der Waals surface area contributed by atoms with E-state index >= 15 is 0 Å². The maximum atomic E-state index is 13.4. The Balaban J connectivity index is 1.82. The lowest BCUT2D eigenvalue weighted by atomic mass is 10.1. The summed E-state index contributed by atoms with van der Waals surface area (Å²) < 4.78 is 53.8. The van der Waals surface area contributed by atoms with Crippen LogP contribution in [0.1, 0.15) is 32.9 Å². The number of anilines is 1. The molecule has 0 bridgehead atoms. The minimum absolute atomic E-state index is 0.00753. The van der Waals surface area contributed by atoms with Crippen LogP contribution in [-0.4, -0.2) is 17.7 Å². The fourth-order valence-electron chi connectivity index (χ4n) is 2.89. The number of nitrogens with zero attached hydrogens (tertiary/aromatic N) is 1. The zero-order valence-electron chi connectivity index (χ0n) is 16.5. The lowest BCUT2D eigenvalue weighted by molar-refractivity contribution is -0.0495. The summed E-state index contributed by atoms with van der Waals surface area (Å²) in [7, 11) is 0. The van der Waals surface area contributed by atoms with Crippen molar-refractivity contribution < 1.29 is 32.0 Å². The number of halogens is 3. The monoisotopic (exact) mass is 420 g/mol. The van der Waals surface area contributed by atoms with Gasteiger partial charge >= 0.3 is 6.61 Å². The Labute approximate surface area is 170 Å². The molecule has 1 N–H and O–H groups in total. The van der Waals surface area contributed by atoms with Crippen LogP contribution in [0.4, 0.5) is 18.9 Å². The second kappa shape index (κ2) is 8.89. The van der Waals surface area contributed by atoms with E-state index in [0.717, 1.165) is 29.3 Å². The first-order valence-electron chi connectivity index (χ1n) is 8.96. The van der Waals surface area contributed by atoms with Gasteiger partial charge in [0, 0.05) is 6.07 Å². The molecule has 0 saturated carbocycles. The Morgan fingerprint density at radius 1 is 1.17 bits per heavy atom. The van der Waals surface area contributed by atoms with Gasteiger partial charge in [0.25, 0.3) is 5.91 Å². The number of benzene rings is 2. The van der Waals surface area contributed by atoms with E-state index in [-0.39, 0.29) is 18.0 Å². The molecule has 0 radical (unpaired) electrons. The van der Waals surface area contributed by atoms with Crippen molar-refractivity contribution in [1.82, 2.24) is 5.16 Å². The Morgan fingerprint density at radius 2 is 1.87 bits per heavy atom. The van der Waals surface area contributed by atoms with Gasteiger partial charge in [-0.25, -0.2) is 4.39 Å². The molecule has 6 nitrogen and oxygen atoms in total. The zero-order chi connectivity index (χ0) is 21.8. The normalized spacial score (nSPS) is 10.9. The molecule has 0 aliphatic rings. The Kier molecular flexibility index (Phi) is 6.29. The van der Waals surface area contributed by atoms with Gasteiger partial charge in [0.05, 0.1) is 11.3 Å². The molecule has 0 aliphatic heterocycles. The molecular weight excluding hydrogens is 401 g/mol. The SMILES string of the molecule is Cc1cccc(C)c1OCc1c(C(=O)Nc2ccc(F)cc2OC(F)F)noc1C. The maximum Gasteiger partial charge on any atom is 0.387 e. The fraction of sp³-hybridized carbons (Fsp3) is 0.238. The van der Waals surface area contributed by atoms with Gasteiger partial charge in [-0.15, -0.1) is 0 Å². The standard InChI is InChI=1S/C21H19F3N2O4/c1-11-5-4-6-12(2)19(11)28-10-15-13(3)30-26-18(15)20(27)25-16-8-7-14(22)9-17(16)29-21(23)24/h4-9,21H,10H2,1-3H3,(H,25,27). The number of hydrogen-bond donors (Lipinski definition) is 1. The first-order chi connectivity index (χ1) is 14.3. The second-order valence-corrected chi connectivity index (χ2v) is 6.55. The third kappa shape index (κ3) is 4.73. The maximum absolute atomic E-state index is 13.4. The number of rotatable bonds is 7. The van der Waals surface area contributed by atoms with E-state index in [1.165, 1.54) is 0 Å². The molecule has 0 saturated heterocycles. The van der Waals surface area contributed by atoms with Crippen LogP contribution < -0.4 is 14.8 Å². The Bertz CT molecular complexity index is 1050. The quantitative estimate of drug-likeness (QED) is 0.571. The minimum atomic E-state index is -3.18. The summed E-state index contributed by atoms with van der Waals surface area (Å²) in [5.74, 6) is -0.988. The summed E-state index contributed by atoms with van der Waals surface area (Å²) in [6.45, 7) is 2.24. The first kappa shape index (κ1) is 21.2. The average molecular weight is 420 g/mol. The van der Waals surface area contributed by atoms with Crippen LogP contribution in [0.3, 0.4) is 0 Å². The van der Waals surface area contributed by atoms with E-state index in [0.29, 0.717) is 17.1 Å². The average Bonchev–Trinajstić information content (AvgIpc) is 3.04. The number of amides is 1. The third-order valence-corrected chi connectivity index (χ3v) is 4.38. The van der Waals surface area contributed by atoms with Gasteiger partial charge in [0.15, 0.2) is 11.4 Å².